The summed E-state index contributed by atoms with van der Waals surface area (Å²) in [5.41, 5.74) is 0. The lowest BCUT2D eigenvalue weighted by Crippen LogP contribution is -1.92. The Labute approximate surface area is 137 Å². The Morgan fingerprint density at radius 1 is 0.727 bits per heavy atom. The minimum absolute atomic E-state index is 0.271. The average Bonchev–Trinajstić information content (AvgIpc) is 2.50. The molecule has 0 radical (unpaired) electrons. The van der Waals surface area contributed by atoms with Gasteiger partial charge in [-0.1, -0.05) is 56.2 Å². The van der Waals surface area contributed by atoms with Crippen LogP contribution in [0.2, 0.25) is 0 Å². The van der Waals surface area contributed by atoms with Crippen LogP contribution in [0.3, 0.4) is 0 Å². The van der Waals surface area contributed by atoms with Crippen LogP contribution in [-0.4, -0.2) is 11.1 Å². The van der Waals surface area contributed by atoms with E-state index in [2.05, 4.69) is 43.4 Å². The number of hydrogen-bond acceptors (Lipinski definition) is 1. The lowest BCUT2D eigenvalue weighted by molar-refractivity contribution is -0.137. The van der Waals surface area contributed by atoms with Crippen molar-refractivity contribution in [2.24, 2.45) is 0 Å². The van der Waals surface area contributed by atoms with Crippen molar-refractivity contribution < 1.29 is 9.90 Å². The van der Waals surface area contributed by atoms with Gasteiger partial charge in [-0.05, 0) is 57.8 Å². The van der Waals surface area contributed by atoms with Crippen molar-refractivity contribution in [1.29, 1.82) is 0 Å². The largest absolute Gasteiger partial charge is 0.481 e. The number of carboxylic acid groups (broad SMARTS) is 1. The summed E-state index contributed by atoms with van der Waals surface area (Å²) in [6, 6.07) is 0. The Morgan fingerprint density at radius 2 is 1.18 bits per heavy atom. The molecule has 0 saturated carbocycles. The van der Waals surface area contributed by atoms with E-state index in [0.717, 1.165) is 25.7 Å². The molecule has 0 heterocycles. The maximum absolute atomic E-state index is 10.3. The number of carboxylic acids is 1. The van der Waals surface area contributed by atoms with Crippen LogP contribution in [0.4, 0.5) is 0 Å². The second kappa shape index (κ2) is 17.7. The van der Waals surface area contributed by atoms with Crippen molar-refractivity contribution in [2.75, 3.05) is 0 Å². The third kappa shape index (κ3) is 18.7. The predicted molar refractivity (Wildman–Crippen MR) is 96.1 cm³/mol. The molecule has 0 amide bonds. The molecule has 22 heavy (non-hydrogen) atoms. The van der Waals surface area contributed by atoms with Gasteiger partial charge in [0.25, 0.3) is 0 Å². The highest BCUT2D eigenvalue weighted by Gasteiger charge is 1.92. The molecule has 2 heteroatoms. The summed E-state index contributed by atoms with van der Waals surface area (Å²) in [5, 5.41) is 8.50. The molecule has 0 aromatic heterocycles. The zero-order valence-electron chi connectivity index (χ0n) is 14.3. The van der Waals surface area contributed by atoms with Crippen molar-refractivity contribution in [3.63, 3.8) is 0 Å². The highest BCUT2D eigenvalue weighted by Crippen LogP contribution is 2.05. The van der Waals surface area contributed by atoms with Crippen LogP contribution < -0.4 is 0 Å². The van der Waals surface area contributed by atoms with Crippen molar-refractivity contribution >= 4 is 5.97 Å². The van der Waals surface area contributed by atoms with Crippen LogP contribution in [0.1, 0.15) is 84.0 Å². The van der Waals surface area contributed by atoms with E-state index in [1.54, 1.807) is 0 Å². The maximum atomic E-state index is 10.3. The van der Waals surface area contributed by atoms with Crippen LogP contribution in [0.15, 0.2) is 36.5 Å². The van der Waals surface area contributed by atoms with Gasteiger partial charge in [0.1, 0.15) is 0 Å². The Kier molecular flexibility index (Phi) is 16.7. The molecule has 0 spiro atoms. The third-order valence-corrected chi connectivity index (χ3v) is 3.50. The number of aliphatic carboxylic acids is 1. The molecule has 0 aromatic rings. The molecule has 0 bridgehead atoms. The first-order valence-corrected chi connectivity index (χ1v) is 8.94. The summed E-state index contributed by atoms with van der Waals surface area (Å²) >= 11 is 0. The van der Waals surface area contributed by atoms with E-state index < -0.39 is 5.97 Å². The highest BCUT2D eigenvalue weighted by atomic mass is 16.4. The fourth-order valence-electron chi connectivity index (χ4n) is 2.15. The van der Waals surface area contributed by atoms with Crippen molar-refractivity contribution in [3.05, 3.63) is 36.5 Å². The smallest absolute Gasteiger partial charge is 0.303 e. The van der Waals surface area contributed by atoms with Crippen molar-refractivity contribution in [1.82, 2.24) is 0 Å². The lowest BCUT2D eigenvalue weighted by atomic mass is 10.1. The van der Waals surface area contributed by atoms with Gasteiger partial charge < -0.3 is 5.11 Å². The standard InChI is InChI=1S/C20H34O2/c1-2-3-4-5-6-7-8-9-10-11-12-13-14-15-16-17-18-19-20(21)22/h6-7,12-13,15-16H,2-5,8-11,14,17-19H2,1H3,(H,21,22). The van der Waals surface area contributed by atoms with E-state index in [0.29, 0.717) is 0 Å². The Bertz CT molecular complexity index is 327. The quantitative estimate of drug-likeness (QED) is 0.279. The number of hydrogen-bond donors (Lipinski definition) is 1. The van der Waals surface area contributed by atoms with Gasteiger partial charge >= 0.3 is 5.97 Å². The fourth-order valence-corrected chi connectivity index (χ4v) is 2.15. The maximum Gasteiger partial charge on any atom is 0.303 e. The van der Waals surface area contributed by atoms with Gasteiger partial charge in [-0.2, -0.15) is 0 Å². The van der Waals surface area contributed by atoms with Gasteiger partial charge in [0.15, 0.2) is 0 Å². The number of unbranched alkanes of at least 4 members (excludes halogenated alkanes) is 7. The summed E-state index contributed by atoms with van der Waals surface area (Å²) in [6.07, 6.45) is 26.3. The number of carbonyl (C=O) groups is 1. The topological polar surface area (TPSA) is 37.3 Å². The SMILES string of the molecule is CCCCCC=CCCCCC=CCC=CCCCC(=O)O. The first kappa shape index (κ1) is 20.7. The van der Waals surface area contributed by atoms with Gasteiger partial charge in [0, 0.05) is 6.42 Å². The minimum atomic E-state index is -0.705. The molecule has 1 N–H and O–H groups in total. The molecule has 0 rings (SSSR count). The Balaban J connectivity index is 3.27. The molecule has 0 atom stereocenters. The normalized spacial score (nSPS) is 12.0. The van der Waals surface area contributed by atoms with E-state index >= 15 is 0 Å². The Morgan fingerprint density at radius 3 is 1.68 bits per heavy atom. The van der Waals surface area contributed by atoms with Crippen molar-refractivity contribution in [2.45, 2.75) is 84.0 Å². The highest BCUT2D eigenvalue weighted by molar-refractivity contribution is 5.66. The van der Waals surface area contributed by atoms with E-state index in [-0.39, 0.29) is 6.42 Å². The monoisotopic (exact) mass is 306 g/mol. The van der Waals surface area contributed by atoms with Crippen LogP contribution in [0.25, 0.3) is 0 Å². The number of rotatable bonds is 15. The Hall–Kier alpha value is -1.31. The molecular weight excluding hydrogens is 272 g/mol. The second-order valence-corrected chi connectivity index (χ2v) is 5.72. The molecular formula is C20H34O2. The number of allylic oxidation sites excluding steroid dienone is 6. The zero-order chi connectivity index (χ0) is 16.3. The molecule has 0 unspecified atom stereocenters. The molecule has 2 nitrogen and oxygen atoms in total. The van der Waals surface area contributed by atoms with Crippen LogP contribution in [0.5, 0.6) is 0 Å². The second-order valence-electron chi connectivity index (χ2n) is 5.72. The van der Waals surface area contributed by atoms with Crippen molar-refractivity contribution in [3.8, 4) is 0 Å². The predicted octanol–water partition coefficient (Wildman–Crippen LogP) is 6.44. The van der Waals surface area contributed by atoms with Crippen LogP contribution in [-0.2, 0) is 4.79 Å². The summed E-state index contributed by atoms with van der Waals surface area (Å²) in [5.74, 6) is -0.705. The molecule has 0 aliphatic rings. The first-order valence-electron chi connectivity index (χ1n) is 8.94. The fraction of sp³-hybridized carbons (Fsp3) is 0.650. The third-order valence-electron chi connectivity index (χ3n) is 3.50. The summed E-state index contributed by atoms with van der Waals surface area (Å²) < 4.78 is 0. The molecule has 0 aliphatic carbocycles. The van der Waals surface area contributed by atoms with Gasteiger partial charge in [0.2, 0.25) is 0 Å². The average molecular weight is 306 g/mol. The van der Waals surface area contributed by atoms with E-state index in [4.69, 9.17) is 5.11 Å². The first-order chi connectivity index (χ1) is 10.8. The van der Waals surface area contributed by atoms with E-state index in [1.807, 2.05) is 0 Å². The minimum Gasteiger partial charge on any atom is -0.481 e. The summed E-state index contributed by atoms with van der Waals surface area (Å²) in [7, 11) is 0. The van der Waals surface area contributed by atoms with Gasteiger partial charge in [-0.15, -0.1) is 0 Å². The molecule has 0 aliphatic heterocycles. The van der Waals surface area contributed by atoms with Crippen LogP contribution in [0, 0.1) is 0 Å². The summed E-state index contributed by atoms with van der Waals surface area (Å²) in [6.45, 7) is 2.24. The lowest BCUT2D eigenvalue weighted by Gasteiger charge is -1.94. The summed E-state index contributed by atoms with van der Waals surface area (Å²) in [4.78, 5) is 10.3. The van der Waals surface area contributed by atoms with E-state index in [9.17, 15) is 4.79 Å². The van der Waals surface area contributed by atoms with Gasteiger partial charge in [-0.3, -0.25) is 4.79 Å². The molecule has 126 valence electrons. The molecule has 0 aromatic carbocycles. The van der Waals surface area contributed by atoms with Gasteiger partial charge in [-0.25, -0.2) is 0 Å². The van der Waals surface area contributed by atoms with E-state index in [1.165, 1.54) is 44.9 Å². The van der Waals surface area contributed by atoms with Crippen LogP contribution >= 0.6 is 0 Å². The zero-order valence-corrected chi connectivity index (χ0v) is 14.3. The van der Waals surface area contributed by atoms with Gasteiger partial charge in [0.05, 0.1) is 0 Å². The molecule has 0 saturated heterocycles. The molecule has 0 fully saturated rings.